The highest BCUT2D eigenvalue weighted by atomic mass is 35.5. The number of amides is 1. The highest BCUT2D eigenvalue weighted by molar-refractivity contribution is 7.05. The molecule has 3 aromatic carbocycles. The van der Waals surface area contributed by atoms with Crippen LogP contribution in [0, 0.1) is 0 Å². The molecule has 33 heavy (non-hydrogen) atoms. The Morgan fingerprint density at radius 1 is 1.03 bits per heavy atom. The van der Waals surface area contributed by atoms with E-state index in [1.807, 2.05) is 48.5 Å². The van der Waals surface area contributed by atoms with Gasteiger partial charge in [0.2, 0.25) is 5.91 Å². The van der Waals surface area contributed by atoms with Crippen LogP contribution in [0.4, 0.5) is 5.69 Å². The molecule has 1 amide bonds. The number of anilines is 1. The molecule has 0 spiro atoms. The Bertz CT molecular complexity index is 1210. The lowest BCUT2D eigenvalue weighted by atomic mass is 10.0. The normalized spacial score (nSPS) is 12.0. The van der Waals surface area contributed by atoms with Crippen LogP contribution in [0.25, 0.3) is 11.4 Å². The lowest BCUT2D eigenvalue weighted by Gasteiger charge is -2.29. The number of nitrogens with zero attached hydrogens (tertiary/aromatic N) is 3. The van der Waals surface area contributed by atoms with Crippen molar-refractivity contribution in [3.05, 3.63) is 100 Å². The van der Waals surface area contributed by atoms with Crippen molar-refractivity contribution < 1.29 is 4.79 Å². The van der Waals surface area contributed by atoms with Crippen molar-refractivity contribution in [1.82, 2.24) is 14.3 Å². The van der Waals surface area contributed by atoms with Crippen LogP contribution >= 0.6 is 23.1 Å². The lowest BCUT2D eigenvalue weighted by Crippen LogP contribution is -2.26. The van der Waals surface area contributed by atoms with Crippen LogP contribution in [0.2, 0.25) is 5.02 Å². The fourth-order valence-corrected chi connectivity index (χ4v) is 4.46. The van der Waals surface area contributed by atoms with Crippen LogP contribution in [-0.4, -0.2) is 20.2 Å². The van der Waals surface area contributed by atoms with Gasteiger partial charge in [0.05, 0.1) is 6.54 Å². The molecule has 0 aliphatic rings. The average Bonchev–Trinajstić information content (AvgIpc) is 3.27. The summed E-state index contributed by atoms with van der Waals surface area (Å²) < 4.78 is 4.57. The van der Waals surface area contributed by atoms with Gasteiger partial charge < -0.3 is 5.32 Å². The molecule has 0 bridgehead atoms. The molecule has 5 nitrogen and oxygen atoms in total. The summed E-state index contributed by atoms with van der Waals surface area (Å²) in [4.78, 5) is 18.7. The molecule has 1 heterocycles. The van der Waals surface area contributed by atoms with Crippen molar-refractivity contribution in [2.24, 2.45) is 0 Å². The van der Waals surface area contributed by atoms with Crippen LogP contribution in [0.3, 0.4) is 0 Å². The molecule has 1 N–H and O–H groups in total. The van der Waals surface area contributed by atoms with Gasteiger partial charge in [0, 0.05) is 35.8 Å². The number of rotatable bonds is 8. The van der Waals surface area contributed by atoms with E-state index < -0.39 is 0 Å². The summed E-state index contributed by atoms with van der Waals surface area (Å²) in [6, 6.07) is 26.1. The third-order valence-electron chi connectivity index (χ3n) is 5.37. The smallest absolute Gasteiger partial charge is 0.221 e. The minimum atomic E-state index is -0.0791. The maximum Gasteiger partial charge on any atom is 0.221 e. The van der Waals surface area contributed by atoms with Gasteiger partial charge in [-0.2, -0.15) is 4.37 Å². The number of carbonyl (C=O) groups is 1. The summed E-state index contributed by atoms with van der Waals surface area (Å²) >= 11 is 7.43. The van der Waals surface area contributed by atoms with Gasteiger partial charge in [0.1, 0.15) is 5.01 Å². The predicted octanol–water partition coefficient (Wildman–Crippen LogP) is 6.58. The summed E-state index contributed by atoms with van der Waals surface area (Å²) in [6.07, 6.45) is 0. The van der Waals surface area contributed by atoms with Crippen LogP contribution in [-0.2, 0) is 17.9 Å². The van der Waals surface area contributed by atoms with E-state index in [9.17, 15) is 4.79 Å². The van der Waals surface area contributed by atoms with E-state index in [-0.39, 0.29) is 11.9 Å². The summed E-state index contributed by atoms with van der Waals surface area (Å²) in [5.41, 5.74) is 4.10. The minimum absolute atomic E-state index is 0.0791. The number of nitrogens with one attached hydrogen (secondary N) is 1. The van der Waals surface area contributed by atoms with E-state index in [2.05, 4.69) is 51.8 Å². The number of halogens is 1. The number of hydrogen-bond acceptors (Lipinski definition) is 5. The van der Waals surface area contributed by atoms with Gasteiger partial charge in [-0.1, -0.05) is 54.1 Å². The fraction of sp³-hybridized carbons (Fsp3) is 0.192. The molecule has 0 fully saturated rings. The Kier molecular flexibility index (Phi) is 7.50. The molecule has 1 aromatic heterocycles. The molecule has 1 atom stereocenters. The molecule has 0 saturated carbocycles. The Hall–Kier alpha value is -3.06. The van der Waals surface area contributed by atoms with Gasteiger partial charge in [0.15, 0.2) is 5.82 Å². The van der Waals surface area contributed by atoms with E-state index in [0.717, 1.165) is 28.4 Å². The van der Waals surface area contributed by atoms with Gasteiger partial charge in [-0.05, 0) is 66.0 Å². The molecule has 0 saturated heterocycles. The first kappa shape index (κ1) is 23.1. The first-order chi connectivity index (χ1) is 16.0. The second-order valence-electron chi connectivity index (χ2n) is 7.89. The Balaban J connectivity index is 1.59. The molecule has 1 unspecified atom stereocenters. The third-order valence-corrected chi connectivity index (χ3v) is 6.32. The highest BCUT2D eigenvalue weighted by Gasteiger charge is 2.19. The molecule has 168 valence electrons. The summed E-state index contributed by atoms with van der Waals surface area (Å²) in [6.45, 7) is 5.12. The van der Waals surface area contributed by atoms with Crippen molar-refractivity contribution >= 4 is 34.7 Å². The van der Waals surface area contributed by atoms with Crippen LogP contribution in [0.15, 0.2) is 78.9 Å². The highest BCUT2D eigenvalue weighted by Crippen LogP contribution is 2.28. The summed E-state index contributed by atoms with van der Waals surface area (Å²) in [7, 11) is 0. The second-order valence-corrected chi connectivity index (χ2v) is 9.16. The van der Waals surface area contributed by atoms with E-state index >= 15 is 0 Å². The van der Waals surface area contributed by atoms with Crippen molar-refractivity contribution in [3.8, 4) is 11.4 Å². The maximum atomic E-state index is 11.5. The second kappa shape index (κ2) is 10.7. The summed E-state index contributed by atoms with van der Waals surface area (Å²) in [5.74, 6) is 0.635. The van der Waals surface area contributed by atoms with Gasteiger partial charge in [-0.3, -0.25) is 9.69 Å². The van der Waals surface area contributed by atoms with Crippen LogP contribution < -0.4 is 5.32 Å². The van der Waals surface area contributed by atoms with Gasteiger partial charge in [0.25, 0.3) is 0 Å². The lowest BCUT2D eigenvalue weighted by molar-refractivity contribution is -0.114. The first-order valence-electron chi connectivity index (χ1n) is 10.7. The largest absolute Gasteiger partial charge is 0.326 e. The SMILES string of the molecule is CC(=O)Nc1cccc(C(C)N(Cc2ccccc2)Cc2nc(-c3ccc(Cl)cc3)ns2)c1. The predicted molar refractivity (Wildman–Crippen MR) is 135 cm³/mol. The molecule has 7 heteroatoms. The molecule has 4 rings (SSSR count). The Labute approximate surface area is 203 Å². The molecular formula is C26H25ClN4OS. The first-order valence-corrected chi connectivity index (χ1v) is 11.9. The third kappa shape index (κ3) is 6.26. The Morgan fingerprint density at radius 3 is 2.52 bits per heavy atom. The average molecular weight is 477 g/mol. The van der Waals surface area contributed by atoms with Gasteiger partial charge in [-0.25, -0.2) is 4.98 Å². The van der Waals surface area contributed by atoms with Crippen molar-refractivity contribution in [2.75, 3.05) is 5.32 Å². The summed E-state index contributed by atoms with van der Waals surface area (Å²) in [5, 5.41) is 4.51. The van der Waals surface area contributed by atoms with Gasteiger partial charge in [-0.15, -0.1) is 0 Å². The zero-order valence-corrected chi connectivity index (χ0v) is 20.1. The number of carbonyl (C=O) groups excluding carboxylic acids is 1. The molecule has 0 radical (unpaired) electrons. The molecular weight excluding hydrogens is 452 g/mol. The quantitative estimate of drug-likeness (QED) is 0.312. The molecule has 0 aliphatic heterocycles. The van der Waals surface area contributed by atoms with Crippen LogP contribution in [0.1, 0.15) is 36.0 Å². The number of benzene rings is 3. The van der Waals surface area contributed by atoms with Crippen molar-refractivity contribution in [3.63, 3.8) is 0 Å². The minimum Gasteiger partial charge on any atom is -0.326 e. The Morgan fingerprint density at radius 2 is 1.79 bits per heavy atom. The van der Waals surface area contributed by atoms with E-state index in [1.165, 1.54) is 24.0 Å². The van der Waals surface area contributed by atoms with Crippen molar-refractivity contribution in [1.29, 1.82) is 0 Å². The van der Waals surface area contributed by atoms with E-state index in [1.54, 1.807) is 0 Å². The number of hydrogen-bond donors (Lipinski definition) is 1. The standard InChI is InChI=1S/C26H25ClN4OS/c1-18(22-9-6-10-24(15-22)28-19(2)32)31(16-20-7-4-3-5-8-20)17-25-29-26(30-33-25)21-11-13-23(27)14-12-21/h3-15,18H,16-17H2,1-2H3,(H,28,32). The van der Waals surface area contributed by atoms with E-state index in [4.69, 9.17) is 16.6 Å². The zero-order chi connectivity index (χ0) is 23.2. The molecule has 4 aromatic rings. The monoisotopic (exact) mass is 476 g/mol. The zero-order valence-electron chi connectivity index (χ0n) is 18.5. The van der Waals surface area contributed by atoms with E-state index in [0.29, 0.717) is 17.4 Å². The van der Waals surface area contributed by atoms with Gasteiger partial charge >= 0.3 is 0 Å². The topological polar surface area (TPSA) is 58.1 Å². The fourth-order valence-electron chi connectivity index (χ4n) is 3.65. The van der Waals surface area contributed by atoms with Crippen molar-refractivity contribution in [2.45, 2.75) is 33.0 Å². The molecule has 0 aliphatic carbocycles. The number of aromatic nitrogens is 2. The maximum absolute atomic E-state index is 11.5. The van der Waals surface area contributed by atoms with Crippen LogP contribution in [0.5, 0.6) is 0 Å².